The lowest BCUT2D eigenvalue weighted by Crippen LogP contribution is -2.39. The predicted molar refractivity (Wildman–Crippen MR) is 91.9 cm³/mol. The second-order valence-corrected chi connectivity index (χ2v) is 6.94. The third-order valence-corrected chi connectivity index (χ3v) is 5.19. The van der Waals surface area contributed by atoms with E-state index in [9.17, 15) is 9.18 Å². The van der Waals surface area contributed by atoms with Gasteiger partial charge in [0.15, 0.2) is 0 Å². The Morgan fingerprint density at radius 1 is 1.24 bits per heavy atom. The van der Waals surface area contributed by atoms with Crippen molar-refractivity contribution in [2.24, 2.45) is 0 Å². The van der Waals surface area contributed by atoms with E-state index in [0.29, 0.717) is 24.9 Å². The van der Waals surface area contributed by atoms with Crippen LogP contribution >= 0.6 is 11.3 Å². The van der Waals surface area contributed by atoms with E-state index in [-0.39, 0.29) is 17.4 Å². The summed E-state index contributed by atoms with van der Waals surface area (Å²) in [6, 6.07) is 9.93. The Balaban J connectivity index is 1.51. The van der Waals surface area contributed by atoms with E-state index < -0.39 is 5.82 Å². The van der Waals surface area contributed by atoms with Gasteiger partial charge in [0, 0.05) is 13.1 Å². The summed E-state index contributed by atoms with van der Waals surface area (Å²) in [6.07, 6.45) is 1.69. The Labute approximate surface area is 148 Å². The zero-order valence-electron chi connectivity index (χ0n) is 13.4. The molecule has 1 aliphatic rings. The Morgan fingerprint density at radius 3 is 2.92 bits per heavy atom. The molecule has 25 heavy (non-hydrogen) atoms. The van der Waals surface area contributed by atoms with Gasteiger partial charge in [0.1, 0.15) is 5.82 Å². The molecule has 1 fully saturated rings. The van der Waals surface area contributed by atoms with Gasteiger partial charge in [-0.3, -0.25) is 4.79 Å². The number of nitrogens with zero attached hydrogens (tertiary/aromatic N) is 3. The van der Waals surface area contributed by atoms with Gasteiger partial charge in [-0.25, -0.2) is 4.39 Å². The fourth-order valence-electron chi connectivity index (χ4n) is 3.07. The molecule has 0 N–H and O–H groups in total. The Morgan fingerprint density at radius 2 is 2.12 bits per heavy atom. The summed E-state index contributed by atoms with van der Waals surface area (Å²) in [7, 11) is 0. The van der Waals surface area contributed by atoms with Gasteiger partial charge < -0.3 is 9.32 Å². The molecule has 7 heteroatoms. The van der Waals surface area contributed by atoms with Crippen LogP contribution < -0.4 is 0 Å². The minimum absolute atomic E-state index is 0.0225. The van der Waals surface area contributed by atoms with Gasteiger partial charge in [-0.1, -0.05) is 18.2 Å². The molecule has 0 bridgehead atoms. The SMILES string of the molecule is O=C(c1ccccc1F)N1CCC[C@@H](c2nnc(-c3cccs3)o2)C1. The van der Waals surface area contributed by atoms with Crippen LogP contribution in [0.15, 0.2) is 46.2 Å². The molecule has 0 saturated carbocycles. The van der Waals surface area contributed by atoms with Crippen molar-refractivity contribution in [1.29, 1.82) is 0 Å². The molecule has 1 saturated heterocycles. The number of halogens is 1. The van der Waals surface area contributed by atoms with Crippen molar-refractivity contribution in [3.8, 4) is 10.8 Å². The summed E-state index contributed by atoms with van der Waals surface area (Å²) in [4.78, 5) is 15.2. The molecule has 0 unspecified atom stereocenters. The molecule has 0 aliphatic carbocycles. The largest absolute Gasteiger partial charge is 0.420 e. The van der Waals surface area contributed by atoms with E-state index in [1.165, 1.54) is 23.5 Å². The molecular formula is C18H16FN3O2S. The van der Waals surface area contributed by atoms with Gasteiger partial charge in [-0.2, -0.15) is 0 Å². The summed E-state index contributed by atoms with van der Waals surface area (Å²) >= 11 is 1.54. The van der Waals surface area contributed by atoms with Gasteiger partial charge in [-0.15, -0.1) is 21.5 Å². The van der Waals surface area contributed by atoms with Crippen molar-refractivity contribution >= 4 is 17.2 Å². The van der Waals surface area contributed by atoms with E-state index in [1.807, 2.05) is 17.5 Å². The molecule has 0 radical (unpaired) electrons. The smallest absolute Gasteiger partial charge is 0.257 e. The fourth-order valence-corrected chi connectivity index (χ4v) is 3.71. The van der Waals surface area contributed by atoms with Crippen molar-refractivity contribution < 1.29 is 13.6 Å². The normalized spacial score (nSPS) is 17.6. The highest BCUT2D eigenvalue weighted by Gasteiger charge is 2.30. The molecule has 2 aromatic heterocycles. The van der Waals surface area contributed by atoms with Crippen LogP contribution in [0, 0.1) is 5.82 Å². The predicted octanol–water partition coefficient (Wildman–Crippen LogP) is 3.96. The van der Waals surface area contributed by atoms with Crippen LogP contribution in [0.1, 0.15) is 35.0 Å². The van der Waals surface area contributed by atoms with E-state index in [1.54, 1.807) is 17.0 Å². The Kier molecular flexibility index (Phi) is 4.31. The third-order valence-electron chi connectivity index (χ3n) is 4.33. The molecular weight excluding hydrogens is 341 g/mol. The first-order valence-electron chi connectivity index (χ1n) is 8.13. The Bertz CT molecular complexity index is 878. The molecule has 1 atom stereocenters. The Hall–Kier alpha value is -2.54. The van der Waals surface area contributed by atoms with Crippen molar-refractivity contribution in [3.05, 3.63) is 59.0 Å². The van der Waals surface area contributed by atoms with Crippen LogP contribution in [0.5, 0.6) is 0 Å². The van der Waals surface area contributed by atoms with E-state index >= 15 is 0 Å². The van der Waals surface area contributed by atoms with Gasteiger partial charge in [0.05, 0.1) is 16.4 Å². The molecule has 3 heterocycles. The first kappa shape index (κ1) is 16.0. The van der Waals surface area contributed by atoms with Crippen LogP contribution in [-0.4, -0.2) is 34.1 Å². The lowest BCUT2D eigenvalue weighted by Gasteiger charge is -2.31. The maximum atomic E-state index is 13.9. The van der Waals surface area contributed by atoms with Crippen molar-refractivity contribution in [2.75, 3.05) is 13.1 Å². The number of hydrogen-bond donors (Lipinski definition) is 0. The van der Waals surface area contributed by atoms with Crippen LogP contribution in [0.3, 0.4) is 0 Å². The second kappa shape index (κ2) is 6.76. The van der Waals surface area contributed by atoms with Gasteiger partial charge in [-0.05, 0) is 36.4 Å². The lowest BCUT2D eigenvalue weighted by atomic mass is 9.97. The van der Waals surface area contributed by atoms with Crippen molar-refractivity contribution in [3.63, 3.8) is 0 Å². The van der Waals surface area contributed by atoms with Gasteiger partial charge in [0.25, 0.3) is 11.8 Å². The minimum atomic E-state index is -0.493. The van der Waals surface area contributed by atoms with Crippen molar-refractivity contribution in [1.82, 2.24) is 15.1 Å². The zero-order chi connectivity index (χ0) is 17.2. The van der Waals surface area contributed by atoms with Crippen molar-refractivity contribution in [2.45, 2.75) is 18.8 Å². The molecule has 1 aromatic carbocycles. The number of rotatable bonds is 3. The first-order chi connectivity index (χ1) is 12.2. The number of benzene rings is 1. The van der Waals surface area contributed by atoms with Crippen LogP contribution in [0.4, 0.5) is 4.39 Å². The summed E-state index contributed by atoms with van der Waals surface area (Å²) in [5, 5.41) is 10.2. The van der Waals surface area contributed by atoms with E-state index in [0.717, 1.165) is 17.7 Å². The molecule has 5 nitrogen and oxygen atoms in total. The van der Waals surface area contributed by atoms with Gasteiger partial charge in [0.2, 0.25) is 5.89 Å². The molecule has 128 valence electrons. The van der Waals surface area contributed by atoms with Crippen LogP contribution in [0.25, 0.3) is 10.8 Å². The highest BCUT2D eigenvalue weighted by atomic mass is 32.1. The molecule has 4 rings (SSSR count). The average Bonchev–Trinajstić information content (AvgIpc) is 3.33. The van der Waals surface area contributed by atoms with E-state index in [4.69, 9.17) is 4.42 Å². The number of piperidine rings is 1. The topological polar surface area (TPSA) is 59.2 Å². The van der Waals surface area contributed by atoms with Crippen LogP contribution in [-0.2, 0) is 0 Å². The lowest BCUT2D eigenvalue weighted by molar-refractivity contribution is 0.0693. The minimum Gasteiger partial charge on any atom is -0.420 e. The summed E-state index contributed by atoms with van der Waals surface area (Å²) in [5.74, 6) is 0.232. The average molecular weight is 357 g/mol. The number of carbonyl (C=O) groups excluding carboxylic acids is 1. The highest BCUT2D eigenvalue weighted by Crippen LogP contribution is 2.30. The molecule has 1 amide bonds. The highest BCUT2D eigenvalue weighted by molar-refractivity contribution is 7.13. The van der Waals surface area contributed by atoms with E-state index in [2.05, 4.69) is 10.2 Å². The second-order valence-electron chi connectivity index (χ2n) is 5.99. The number of hydrogen-bond acceptors (Lipinski definition) is 5. The summed E-state index contributed by atoms with van der Waals surface area (Å²) in [5.41, 5.74) is 0.105. The van der Waals surface area contributed by atoms with Crippen LogP contribution in [0.2, 0.25) is 0 Å². The molecule has 3 aromatic rings. The standard InChI is InChI=1S/C18H16FN3O2S/c19-14-7-2-1-6-13(14)18(23)22-9-3-5-12(11-22)16-20-21-17(24-16)15-8-4-10-25-15/h1-2,4,6-8,10,12H,3,5,9,11H2/t12-/m1/s1. The number of amides is 1. The zero-order valence-corrected chi connectivity index (χ0v) is 14.2. The maximum absolute atomic E-state index is 13.9. The number of aromatic nitrogens is 2. The summed E-state index contributed by atoms with van der Waals surface area (Å²) < 4.78 is 19.7. The third kappa shape index (κ3) is 3.19. The quantitative estimate of drug-likeness (QED) is 0.712. The first-order valence-corrected chi connectivity index (χ1v) is 9.01. The molecule has 1 aliphatic heterocycles. The number of likely N-dealkylation sites (tertiary alicyclic amines) is 1. The number of thiophene rings is 1. The monoisotopic (exact) mass is 357 g/mol. The maximum Gasteiger partial charge on any atom is 0.257 e. The fraction of sp³-hybridized carbons (Fsp3) is 0.278. The summed E-state index contributed by atoms with van der Waals surface area (Å²) in [6.45, 7) is 1.06. The number of carbonyl (C=O) groups is 1. The van der Waals surface area contributed by atoms with Gasteiger partial charge >= 0.3 is 0 Å². The molecule has 0 spiro atoms.